The Balaban J connectivity index is 3.13. The second kappa shape index (κ2) is 1.78. The molecule has 0 aliphatic rings. The van der Waals surface area contributed by atoms with Crippen LogP contribution in [-0.2, 0) is 5.11 Å². The molecule has 0 atom stereocenters. The highest BCUT2D eigenvalue weighted by Crippen LogP contribution is 2.05. The largest absolute Gasteiger partial charge is 0.291 e. The summed E-state index contributed by atoms with van der Waals surface area (Å²) in [5.74, 6) is -0.243. The van der Waals surface area contributed by atoms with Crippen LogP contribution in [0.3, 0.4) is 0 Å². The Bertz CT molecular complexity index is 167. The Labute approximate surface area is 47.0 Å². The predicted octanol–water partition coefficient (Wildman–Crippen LogP) is 0.929. The summed E-state index contributed by atoms with van der Waals surface area (Å²) in [6, 6.07) is 0. The fourth-order valence-corrected chi connectivity index (χ4v) is 0.395. The first kappa shape index (κ1) is 5.03. The summed E-state index contributed by atoms with van der Waals surface area (Å²) in [5, 5.41) is 10.4. The van der Waals surface area contributed by atoms with E-state index >= 15 is 0 Å². The summed E-state index contributed by atoms with van der Waals surface area (Å²) in [6.07, 6.45) is 2.88. The molecular weight excluding hydrogens is 104 g/mol. The molecule has 1 aromatic heterocycles. The zero-order valence-corrected chi connectivity index (χ0v) is 4.46. The van der Waals surface area contributed by atoms with Crippen molar-refractivity contribution in [3.05, 3.63) is 18.1 Å². The van der Waals surface area contributed by atoms with Crippen LogP contribution in [0.2, 0.25) is 0 Å². The van der Waals surface area contributed by atoms with Gasteiger partial charge in [-0.15, -0.1) is 0 Å². The van der Waals surface area contributed by atoms with Crippen molar-refractivity contribution < 1.29 is 5.11 Å². The first-order chi connectivity index (χ1) is 3.80. The van der Waals surface area contributed by atoms with E-state index in [1.807, 2.05) is 0 Å². The number of hydrogen-bond acceptors (Lipinski definition) is 2. The molecule has 8 heavy (non-hydrogen) atoms. The molecule has 0 aromatic carbocycles. The van der Waals surface area contributed by atoms with Gasteiger partial charge in [0.1, 0.15) is 5.69 Å². The van der Waals surface area contributed by atoms with Gasteiger partial charge < -0.3 is 0 Å². The van der Waals surface area contributed by atoms with Crippen molar-refractivity contribution in [1.29, 1.82) is 0 Å². The Morgan fingerprint density at radius 3 is 2.38 bits per heavy atom. The summed E-state index contributed by atoms with van der Waals surface area (Å²) >= 11 is 0. The van der Waals surface area contributed by atoms with Crippen molar-refractivity contribution in [3.8, 4) is 5.88 Å². The summed E-state index contributed by atoms with van der Waals surface area (Å²) in [4.78, 5) is 7.16. The van der Waals surface area contributed by atoms with Gasteiger partial charge in [0, 0.05) is 12.4 Å². The van der Waals surface area contributed by atoms with Crippen molar-refractivity contribution in [2.45, 2.75) is 6.92 Å². The zero-order valence-electron chi connectivity index (χ0n) is 4.46. The van der Waals surface area contributed by atoms with Gasteiger partial charge in [0.2, 0.25) is 0 Å². The van der Waals surface area contributed by atoms with Crippen LogP contribution < -0.4 is 0 Å². The molecular formula is C5H5N2O. The van der Waals surface area contributed by atoms with Crippen LogP contribution in [0.5, 0.6) is 5.88 Å². The molecule has 0 unspecified atom stereocenters. The van der Waals surface area contributed by atoms with Gasteiger partial charge in [-0.05, 0) is 6.92 Å². The van der Waals surface area contributed by atoms with Crippen molar-refractivity contribution in [3.63, 3.8) is 0 Å². The molecule has 0 fully saturated rings. The Morgan fingerprint density at radius 1 is 1.38 bits per heavy atom. The third-order valence-corrected chi connectivity index (χ3v) is 0.836. The topological polar surface area (TPSA) is 45.7 Å². The van der Waals surface area contributed by atoms with E-state index in [0.29, 0.717) is 5.69 Å². The van der Waals surface area contributed by atoms with Gasteiger partial charge in [-0.25, -0.2) is 4.98 Å². The summed E-state index contributed by atoms with van der Waals surface area (Å²) in [6.45, 7) is 1.63. The predicted molar refractivity (Wildman–Crippen MR) is 26.9 cm³/mol. The summed E-state index contributed by atoms with van der Waals surface area (Å²) in [5.41, 5.74) is 0.451. The minimum absolute atomic E-state index is 0.243. The molecule has 0 saturated carbocycles. The number of hydrogen-bond donors (Lipinski definition) is 0. The first-order valence-electron chi connectivity index (χ1n) is 2.25. The van der Waals surface area contributed by atoms with E-state index in [9.17, 15) is 5.11 Å². The molecule has 0 spiro atoms. The van der Waals surface area contributed by atoms with Gasteiger partial charge in [0.05, 0.1) is 0 Å². The number of aromatic nitrogens is 2. The third-order valence-electron chi connectivity index (χ3n) is 0.836. The highest BCUT2D eigenvalue weighted by molar-refractivity contribution is 5.11. The van der Waals surface area contributed by atoms with Gasteiger partial charge in [0.25, 0.3) is 5.88 Å². The second-order valence-corrected chi connectivity index (χ2v) is 1.45. The van der Waals surface area contributed by atoms with Crippen molar-refractivity contribution in [2.75, 3.05) is 0 Å². The molecule has 0 amide bonds. The maximum absolute atomic E-state index is 10.4. The van der Waals surface area contributed by atoms with E-state index in [2.05, 4.69) is 9.97 Å². The van der Waals surface area contributed by atoms with Gasteiger partial charge in [0.15, 0.2) is 0 Å². The van der Waals surface area contributed by atoms with Crippen LogP contribution in [-0.4, -0.2) is 9.97 Å². The van der Waals surface area contributed by atoms with Crippen LogP contribution in [0.15, 0.2) is 12.4 Å². The number of aryl methyl sites for hydroxylation is 1. The quantitative estimate of drug-likeness (QED) is 0.497. The van der Waals surface area contributed by atoms with Crippen LogP contribution in [0.1, 0.15) is 5.69 Å². The minimum Gasteiger partial charge on any atom is -0.265 e. The van der Waals surface area contributed by atoms with E-state index in [-0.39, 0.29) is 5.88 Å². The van der Waals surface area contributed by atoms with Gasteiger partial charge in [-0.2, -0.15) is 0 Å². The lowest BCUT2D eigenvalue weighted by molar-refractivity contribution is 0.331. The standard InChI is InChI=1S/C5H5N2O/c1-4-5(8)7-3-2-6-4/h2-3H,1H3. The fourth-order valence-electron chi connectivity index (χ4n) is 0.395. The Morgan fingerprint density at radius 2 is 2.00 bits per heavy atom. The molecule has 1 rings (SSSR count). The monoisotopic (exact) mass is 109 g/mol. The lowest BCUT2D eigenvalue weighted by atomic mass is 10.5. The van der Waals surface area contributed by atoms with E-state index in [0.717, 1.165) is 0 Å². The maximum atomic E-state index is 10.4. The Kier molecular flexibility index (Phi) is 1.12. The molecule has 3 nitrogen and oxygen atoms in total. The highest BCUT2D eigenvalue weighted by Gasteiger charge is 1.94. The van der Waals surface area contributed by atoms with Gasteiger partial charge in [-0.1, -0.05) is 0 Å². The van der Waals surface area contributed by atoms with Gasteiger partial charge in [-0.3, -0.25) is 10.1 Å². The van der Waals surface area contributed by atoms with E-state index < -0.39 is 0 Å². The molecule has 0 aliphatic carbocycles. The van der Waals surface area contributed by atoms with Crippen molar-refractivity contribution >= 4 is 0 Å². The fraction of sp³-hybridized carbons (Fsp3) is 0.200. The number of nitrogens with zero attached hydrogens (tertiary/aromatic N) is 2. The maximum Gasteiger partial charge on any atom is 0.291 e. The normalized spacial score (nSPS) is 9.12. The molecule has 41 valence electrons. The van der Waals surface area contributed by atoms with Crippen LogP contribution in [0, 0.1) is 6.92 Å². The lowest BCUT2D eigenvalue weighted by Crippen LogP contribution is -1.80. The first-order valence-corrected chi connectivity index (χ1v) is 2.25. The van der Waals surface area contributed by atoms with E-state index in [1.54, 1.807) is 6.92 Å². The van der Waals surface area contributed by atoms with Crippen LogP contribution >= 0.6 is 0 Å². The van der Waals surface area contributed by atoms with Gasteiger partial charge >= 0.3 is 0 Å². The molecule has 1 aromatic rings. The molecule has 0 bridgehead atoms. The van der Waals surface area contributed by atoms with Crippen molar-refractivity contribution in [1.82, 2.24) is 9.97 Å². The average Bonchev–Trinajstić information content (AvgIpc) is 1.77. The smallest absolute Gasteiger partial charge is 0.265 e. The van der Waals surface area contributed by atoms with Crippen LogP contribution in [0.4, 0.5) is 0 Å². The minimum atomic E-state index is -0.243. The number of rotatable bonds is 0. The Hall–Kier alpha value is -1.12. The molecule has 0 aliphatic heterocycles. The van der Waals surface area contributed by atoms with Crippen molar-refractivity contribution in [2.24, 2.45) is 0 Å². The lowest BCUT2D eigenvalue weighted by Gasteiger charge is -1.86. The SMILES string of the molecule is Cc1nccnc1[O]. The highest BCUT2D eigenvalue weighted by atomic mass is 16.3. The zero-order chi connectivity index (χ0) is 5.98. The molecule has 0 N–H and O–H groups in total. The third kappa shape index (κ3) is 0.753. The molecule has 1 heterocycles. The van der Waals surface area contributed by atoms with E-state index in [1.165, 1.54) is 12.4 Å². The van der Waals surface area contributed by atoms with E-state index in [4.69, 9.17) is 0 Å². The summed E-state index contributed by atoms with van der Waals surface area (Å²) in [7, 11) is 0. The molecule has 0 saturated heterocycles. The average molecular weight is 109 g/mol. The molecule has 1 radical (unpaired) electrons. The summed E-state index contributed by atoms with van der Waals surface area (Å²) < 4.78 is 0. The molecule has 3 heteroatoms. The second-order valence-electron chi connectivity index (χ2n) is 1.45. The van der Waals surface area contributed by atoms with Crippen LogP contribution in [0.25, 0.3) is 0 Å².